The number of carbonyl (C=O) groups is 2. The molecule has 2 aliphatic rings. The lowest BCUT2D eigenvalue weighted by molar-refractivity contribution is -0.117. The van der Waals surface area contributed by atoms with Crippen molar-refractivity contribution in [2.45, 2.75) is 13.0 Å². The van der Waals surface area contributed by atoms with Gasteiger partial charge in [-0.25, -0.2) is 4.98 Å². The molecule has 8 nitrogen and oxygen atoms in total. The van der Waals surface area contributed by atoms with Crippen LogP contribution in [-0.4, -0.2) is 43.1 Å². The molecule has 5 rings (SSSR count). The van der Waals surface area contributed by atoms with Crippen LogP contribution in [0.5, 0.6) is 0 Å². The van der Waals surface area contributed by atoms with E-state index in [-0.39, 0.29) is 24.1 Å². The van der Waals surface area contributed by atoms with Crippen molar-refractivity contribution in [2.24, 2.45) is 0 Å². The Morgan fingerprint density at radius 3 is 2.74 bits per heavy atom. The summed E-state index contributed by atoms with van der Waals surface area (Å²) in [7, 11) is 0. The van der Waals surface area contributed by atoms with Crippen molar-refractivity contribution in [3.05, 3.63) is 71.8 Å². The van der Waals surface area contributed by atoms with Gasteiger partial charge in [-0.2, -0.15) is 0 Å². The Morgan fingerprint density at radius 2 is 1.94 bits per heavy atom. The van der Waals surface area contributed by atoms with E-state index in [9.17, 15) is 9.59 Å². The number of para-hydroxylation sites is 1. The van der Waals surface area contributed by atoms with Gasteiger partial charge in [-0.3, -0.25) is 9.59 Å². The Morgan fingerprint density at radius 1 is 1.10 bits per heavy atom. The van der Waals surface area contributed by atoms with Crippen LogP contribution in [0.3, 0.4) is 0 Å². The van der Waals surface area contributed by atoms with Crippen LogP contribution in [0, 0.1) is 0 Å². The first-order valence-electron chi connectivity index (χ1n) is 10.2. The van der Waals surface area contributed by atoms with Crippen LogP contribution < -0.4 is 15.1 Å². The molecule has 2 aliphatic heterocycles. The Labute approximate surface area is 179 Å². The molecule has 0 atom stereocenters. The maximum absolute atomic E-state index is 12.8. The van der Waals surface area contributed by atoms with Gasteiger partial charge >= 0.3 is 0 Å². The number of benzene rings is 1. The number of carbonyl (C=O) groups excluding carboxylic acids is 2. The Balaban J connectivity index is 1.28. The van der Waals surface area contributed by atoms with Crippen LogP contribution in [0.4, 0.5) is 17.2 Å². The largest absolute Gasteiger partial charge is 0.459 e. The van der Waals surface area contributed by atoms with E-state index in [1.165, 1.54) is 6.26 Å². The fourth-order valence-corrected chi connectivity index (χ4v) is 3.95. The van der Waals surface area contributed by atoms with E-state index in [1.54, 1.807) is 17.2 Å². The minimum Gasteiger partial charge on any atom is -0.459 e. The number of anilines is 3. The van der Waals surface area contributed by atoms with Gasteiger partial charge in [-0.15, -0.1) is 0 Å². The SMILES string of the molecule is O=C(Nc1ccc(N2CCOCC2)nc1)c1occc1CN1C(=O)Cc2ccccc21. The Hall–Kier alpha value is -3.65. The summed E-state index contributed by atoms with van der Waals surface area (Å²) in [6.07, 6.45) is 3.47. The number of pyridine rings is 1. The van der Waals surface area contributed by atoms with Crippen LogP contribution in [0.15, 0.2) is 59.3 Å². The molecule has 2 amide bonds. The number of hydrogen-bond acceptors (Lipinski definition) is 6. The zero-order chi connectivity index (χ0) is 21.2. The summed E-state index contributed by atoms with van der Waals surface area (Å²) in [6, 6.07) is 13.1. The smallest absolute Gasteiger partial charge is 0.291 e. The number of fused-ring (bicyclic) bond motifs is 1. The van der Waals surface area contributed by atoms with Gasteiger partial charge in [0.1, 0.15) is 5.82 Å². The van der Waals surface area contributed by atoms with Gasteiger partial charge < -0.3 is 24.3 Å². The summed E-state index contributed by atoms with van der Waals surface area (Å²) in [6.45, 7) is 3.25. The second-order valence-electron chi connectivity index (χ2n) is 7.52. The molecule has 31 heavy (non-hydrogen) atoms. The molecule has 158 valence electrons. The highest BCUT2D eigenvalue weighted by Crippen LogP contribution is 2.30. The van der Waals surface area contributed by atoms with Crippen molar-refractivity contribution in [1.29, 1.82) is 0 Å². The standard InChI is InChI=1S/C23H22N4O4/c28-21-13-16-3-1-2-4-19(16)27(21)15-17-7-10-31-22(17)23(29)25-18-5-6-20(24-14-18)26-8-11-30-12-9-26/h1-7,10,14H,8-9,11-13,15H2,(H,25,29). The van der Waals surface area contributed by atoms with Gasteiger partial charge in [-0.05, 0) is 29.8 Å². The molecular weight excluding hydrogens is 396 g/mol. The third-order valence-electron chi connectivity index (χ3n) is 5.55. The first kappa shape index (κ1) is 19.3. The number of nitrogens with zero attached hydrogens (tertiary/aromatic N) is 3. The van der Waals surface area contributed by atoms with Gasteiger partial charge in [0.15, 0.2) is 5.76 Å². The molecule has 3 aromatic rings. The minimum atomic E-state index is -0.374. The third kappa shape index (κ3) is 3.89. The van der Waals surface area contributed by atoms with Crippen molar-refractivity contribution in [3.8, 4) is 0 Å². The zero-order valence-corrected chi connectivity index (χ0v) is 16.9. The number of morpholine rings is 1. The number of furan rings is 1. The lowest BCUT2D eigenvalue weighted by Crippen LogP contribution is -2.36. The molecule has 0 saturated carbocycles. The van der Waals surface area contributed by atoms with Crippen LogP contribution >= 0.6 is 0 Å². The molecule has 2 aromatic heterocycles. The molecule has 0 unspecified atom stereocenters. The first-order valence-corrected chi connectivity index (χ1v) is 10.2. The number of nitrogens with one attached hydrogen (secondary N) is 1. The van der Waals surface area contributed by atoms with Crippen molar-refractivity contribution in [3.63, 3.8) is 0 Å². The number of amides is 2. The highest BCUT2D eigenvalue weighted by Gasteiger charge is 2.29. The van der Waals surface area contributed by atoms with E-state index in [0.29, 0.717) is 30.9 Å². The quantitative estimate of drug-likeness (QED) is 0.686. The number of ether oxygens (including phenoxy) is 1. The predicted octanol–water partition coefficient (Wildman–Crippen LogP) is 2.85. The van der Waals surface area contributed by atoms with Gasteiger partial charge in [-0.1, -0.05) is 18.2 Å². The molecule has 1 fully saturated rings. The fourth-order valence-electron chi connectivity index (χ4n) is 3.95. The van der Waals surface area contributed by atoms with Crippen molar-refractivity contribution in [2.75, 3.05) is 41.4 Å². The maximum Gasteiger partial charge on any atom is 0.291 e. The van der Waals surface area contributed by atoms with E-state index in [0.717, 1.165) is 30.2 Å². The monoisotopic (exact) mass is 418 g/mol. The molecule has 0 aliphatic carbocycles. The number of aromatic nitrogens is 1. The molecule has 1 aromatic carbocycles. The number of rotatable bonds is 5. The van der Waals surface area contributed by atoms with Gasteiger partial charge in [0.05, 0.1) is 44.3 Å². The summed E-state index contributed by atoms with van der Waals surface area (Å²) >= 11 is 0. The van der Waals surface area contributed by atoms with Crippen molar-refractivity contribution < 1.29 is 18.7 Å². The van der Waals surface area contributed by atoms with Gasteiger partial charge in [0.2, 0.25) is 5.91 Å². The number of hydrogen-bond donors (Lipinski definition) is 1. The molecule has 4 heterocycles. The summed E-state index contributed by atoms with van der Waals surface area (Å²) in [4.78, 5) is 33.6. The Bertz CT molecular complexity index is 1100. The Kier molecular flexibility index (Phi) is 5.13. The van der Waals surface area contributed by atoms with Gasteiger partial charge in [0.25, 0.3) is 5.91 Å². The summed E-state index contributed by atoms with van der Waals surface area (Å²) < 4.78 is 10.8. The highest BCUT2D eigenvalue weighted by molar-refractivity contribution is 6.04. The molecule has 0 radical (unpaired) electrons. The lowest BCUT2D eigenvalue weighted by Gasteiger charge is -2.27. The van der Waals surface area contributed by atoms with Crippen LogP contribution in [0.2, 0.25) is 0 Å². The summed E-state index contributed by atoms with van der Waals surface area (Å²) in [5, 5.41) is 2.83. The van der Waals surface area contributed by atoms with E-state index in [4.69, 9.17) is 9.15 Å². The van der Waals surface area contributed by atoms with Crippen LogP contribution in [0.1, 0.15) is 21.7 Å². The molecular formula is C23H22N4O4. The molecule has 1 N–H and O–H groups in total. The summed E-state index contributed by atoms with van der Waals surface area (Å²) in [5.41, 5.74) is 3.10. The van der Waals surface area contributed by atoms with E-state index in [1.807, 2.05) is 36.4 Å². The second kappa shape index (κ2) is 8.23. The van der Waals surface area contributed by atoms with Crippen molar-refractivity contribution in [1.82, 2.24) is 4.98 Å². The fraction of sp³-hybridized carbons (Fsp3) is 0.261. The molecule has 0 bridgehead atoms. The van der Waals surface area contributed by atoms with E-state index < -0.39 is 0 Å². The lowest BCUT2D eigenvalue weighted by atomic mass is 10.1. The highest BCUT2D eigenvalue weighted by atomic mass is 16.5. The van der Waals surface area contributed by atoms with E-state index >= 15 is 0 Å². The average Bonchev–Trinajstić information content (AvgIpc) is 3.39. The molecule has 0 spiro atoms. The van der Waals surface area contributed by atoms with Crippen LogP contribution in [0.25, 0.3) is 0 Å². The molecule has 1 saturated heterocycles. The summed E-state index contributed by atoms with van der Waals surface area (Å²) in [5.74, 6) is 0.679. The van der Waals surface area contributed by atoms with E-state index in [2.05, 4.69) is 15.2 Å². The third-order valence-corrected chi connectivity index (χ3v) is 5.55. The topological polar surface area (TPSA) is 87.9 Å². The zero-order valence-electron chi connectivity index (χ0n) is 16.9. The average molecular weight is 418 g/mol. The normalized spacial score (nSPS) is 15.8. The van der Waals surface area contributed by atoms with Crippen LogP contribution in [-0.2, 0) is 22.5 Å². The minimum absolute atomic E-state index is 0.0108. The van der Waals surface area contributed by atoms with Gasteiger partial charge in [0, 0.05) is 24.3 Å². The predicted molar refractivity (Wildman–Crippen MR) is 115 cm³/mol. The van der Waals surface area contributed by atoms with Crippen molar-refractivity contribution >= 4 is 29.0 Å². The first-order chi connectivity index (χ1) is 15.2. The molecule has 8 heteroatoms. The maximum atomic E-state index is 12.8. The second-order valence-corrected chi connectivity index (χ2v) is 7.52.